The minimum Gasteiger partial charge on any atom is -0.490 e. The van der Waals surface area contributed by atoms with Gasteiger partial charge in [-0.15, -0.1) is 35.3 Å². The van der Waals surface area contributed by atoms with E-state index in [1.54, 1.807) is 11.3 Å². The van der Waals surface area contributed by atoms with E-state index in [-0.39, 0.29) is 24.0 Å². The zero-order valence-corrected chi connectivity index (χ0v) is 21.1. The number of aryl methyl sites for hydroxylation is 2. The molecule has 2 N–H and O–H groups in total. The summed E-state index contributed by atoms with van der Waals surface area (Å²) in [6.45, 7) is 13.6. The first-order chi connectivity index (χ1) is 13.6. The van der Waals surface area contributed by atoms with Crippen LogP contribution in [0.1, 0.15) is 41.9 Å². The Bertz CT molecular complexity index is 761. The van der Waals surface area contributed by atoms with Crippen molar-refractivity contribution in [2.45, 2.75) is 47.6 Å². The van der Waals surface area contributed by atoms with Gasteiger partial charge in [-0.25, -0.2) is 9.98 Å². The molecule has 2 aromatic rings. The van der Waals surface area contributed by atoms with Gasteiger partial charge < -0.3 is 20.1 Å². The summed E-state index contributed by atoms with van der Waals surface area (Å²) in [4.78, 5) is 10.5. The largest absolute Gasteiger partial charge is 0.490 e. The molecule has 0 spiro atoms. The second-order valence-electron chi connectivity index (χ2n) is 6.27. The van der Waals surface area contributed by atoms with E-state index < -0.39 is 0 Å². The van der Waals surface area contributed by atoms with Crippen LogP contribution in [0.3, 0.4) is 0 Å². The van der Waals surface area contributed by atoms with Crippen LogP contribution in [0.2, 0.25) is 0 Å². The van der Waals surface area contributed by atoms with Crippen LogP contribution in [-0.4, -0.2) is 37.2 Å². The number of guanidine groups is 1. The molecule has 0 atom stereocenters. The average molecular weight is 532 g/mol. The van der Waals surface area contributed by atoms with Crippen LogP contribution < -0.4 is 20.1 Å². The zero-order valence-electron chi connectivity index (χ0n) is 18.0. The van der Waals surface area contributed by atoms with Crippen LogP contribution >= 0.6 is 35.3 Å². The summed E-state index contributed by atoms with van der Waals surface area (Å²) < 4.78 is 11.3. The minimum absolute atomic E-state index is 0. The lowest BCUT2D eigenvalue weighted by Gasteiger charge is -2.14. The molecule has 0 amide bonds. The minimum atomic E-state index is 0. The topological polar surface area (TPSA) is 67.8 Å². The predicted molar refractivity (Wildman–Crippen MR) is 132 cm³/mol. The zero-order chi connectivity index (χ0) is 20.4. The van der Waals surface area contributed by atoms with E-state index >= 15 is 0 Å². The molecule has 0 bridgehead atoms. The van der Waals surface area contributed by atoms with Gasteiger partial charge in [0.05, 0.1) is 25.5 Å². The lowest BCUT2D eigenvalue weighted by atomic mass is 10.1. The summed E-state index contributed by atoms with van der Waals surface area (Å²) in [7, 11) is 0. The van der Waals surface area contributed by atoms with Crippen LogP contribution in [-0.2, 0) is 13.0 Å². The number of ether oxygens (including phenoxy) is 2. The van der Waals surface area contributed by atoms with Gasteiger partial charge in [-0.05, 0) is 58.7 Å². The normalized spacial score (nSPS) is 11.0. The number of halogens is 1. The summed E-state index contributed by atoms with van der Waals surface area (Å²) in [5.41, 5.74) is 2.29. The summed E-state index contributed by atoms with van der Waals surface area (Å²) in [5.74, 6) is 2.41. The van der Waals surface area contributed by atoms with E-state index in [9.17, 15) is 0 Å². The van der Waals surface area contributed by atoms with Crippen molar-refractivity contribution in [2.75, 3.05) is 26.3 Å². The molecule has 0 aliphatic rings. The molecule has 2 rings (SSSR count). The van der Waals surface area contributed by atoms with Crippen LogP contribution in [0.5, 0.6) is 11.5 Å². The van der Waals surface area contributed by atoms with Gasteiger partial charge in [0, 0.05) is 18.0 Å². The van der Waals surface area contributed by atoms with Gasteiger partial charge in [-0.1, -0.05) is 6.07 Å². The second kappa shape index (κ2) is 13.6. The maximum absolute atomic E-state index is 5.71. The molecule has 0 saturated carbocycles. The van der Waals surface area contributed by atoms with Crippen molar-refractivity contribution in [1.82, 2.24) is 15.6 Å². The van der Waals surface area contributed by atoms with Crippen LogP contribution in [0.15, 0.2) is 23.2 Å². The fourth-order valence-corrected chi connectivity index (χ4v) is 3.53. The number of nitrogens with one attached hydrogen (secondary N) is 2. The Kier molecular flexibility index (Phi) is 12.0. The number of rotatable bonds is 10. The molecule has 162 valence electrons. The van der Waals surface area contributed by atoms with Gasteiger partial charge in [0.15, 0.2) is 17.5 Å². The molecule has 1 aromatic heterocycles. The second-order valence-corrected chi connectivity index (χ2v) is 7.56. The quantitative estimate of drug-likeness (QED) is 0.269. The maximum atomic E-state index is 5.71. The van der Waals surface area contributed by atoms with E-state index in [1.165, 1.54) is 10.4 Å². The summed E-state index contributed by atoms with van der Waals surface area (Å²) in [6, 6.07) is 6.12. The first-order valence-corrected chi connectivity index (χ1v) is 10.7. The third-order valence-electron chi connectivity index (χ3n) is 4.10. The molecule has 0 unspecified atom stereocenters. The Morgan fingerprint density at radius 1 is 1.07 bits per heavy atom. The van der Waals surface area contributed by atoms with Crippen molar-refractivity contribution in [3.63, 3.8) is 0 Å². The Morgan fingerprint density at radius 3 is 2.41 bits per heavy atom. The molecule has 0 saturated heterocycles. The monoisotopic (exact) mass is 532 g/mol. The van der Waals surface area contributed by atoms with Gasteiger partial charge >= 0.3 is 0 Å². The van der Waals surface area contributed by atoms with Crippen molar-refractivity contribution >= 4 is 41.3 Å². The third-order valence-corrected chi connectivity index (χ3v) is 5.16. The fourth-order valence-electron chi connectivity index (χ4n) is 2.67. The molecular weight excluding hydrogens is 499 g/mol. The highest BCUT2D eigenvalue weighted by atomic mass is 127. The highest BCUT2D eigenvalue weighted by Gasteiger charge is 2.07. The molecule has 1 heterocycles. The van der Waals surface area contributed by atoms with Crippen molar-refractivity contribution in [3.8, 4) is 11.5 Å². The fraction of sp³-hybridized carbons (Fsp3) is 0.524. The first-order valence-electron chi connectivity index (χ1n) is 9.90. The number of aromatic nitrogens is 1. The Labute approximate surface area is 195 Å². The number of nitrogens with zero attached hydrogens (tertiary/aromatic N) is 2. The smallest absolute Gasteiger partial charge is 0.191 e. The first kappa shape index (κ1) is 25.5. The van der Waals surface area contributed by atoms with Gasteiger partial charge in [0.25, 0.3) is 0 Å². The Balaban J connectivity index is 0.00000420. The summed E-state index contributed by atoms with van der Waals surface area (Å²) in [5, 5.41) is 7.73. The highest BCUT2D eigenvalue weighted by Crippen LogP contribution is 2.28. The van der Waals surface area contributed by atoms with Crippen molar-refractivity contribution < 1.29 is 9.47 Å². The van der Waals surface area contributed by atoms with Gasteiger partial charge in [0.1, 0.15) is 5.01 Å². The molecule has 6 nitrogen and oxygen atoms in total. The molecule has 1 aromatic carbocycles. The molecule has 0 aliphatic heterocycles. The summed E-state index contributed by atoms with van der Waals surface area (Å²) >= 11 is 1.71. The highest BCUT2D eigenvalue weighted by molar-refractivity contribution is 14.0. The molecular formula is C21H33IN4O2S. The third kappa shape index (κ3) is 8.38. The van der Waals surface area contributed by atoms with E-state index in [2.05, 4.69) is 46.6 Å². The van der Waals surface area contributed by atoms with Gasteiger partial charge in [0.2, 0.25) is 0 Å². The maximum Gasteiger partial charge on any atom is 0.191 e. The standard InChI is InChI=1S/C21H32N4O2S.HI/c1-6-22-21(24-14-20-25-15(4)16(5)28-20)23-12-11-17-9-10-18(26-7-2)19(13-17)27-8-3;/h9-10,13H,6-8,11-12,14H2,1-5H3,(H2,22,23,24);1H. The molecule has 0 radical (unpaired) electrons. The van der Waals surface area contributed by atoms with Crippen molar-refractivity contribution in [2.24, 2.45) is 4.99 Å². The van der Waals surface area contributed by atoms with E-state index in [1.807, 2.05) is 26.8 Å². The molecule has 0 aliphatic carbocycles. The van der Waals surface area contributed by atoms with E-state index in [4.69, 9.17) is 9.47 Å². The van der Waals surface area contributed by atoms with Gasteiger partial charge in [-0.2, -0.15) is 0 Å². The SMILES string of the molecule is CCNC(=NCc1nc(C)c(C)s1)NCCc1ccc(OCC)c(OCC)c1.I. The lowest BCUT2D eigenvalue weighted by molar-refractivity contribution is 0.287. The van der Waals surface area contributed by atoms with Crippen molar-refractivity contribution in [3.05, 3.63) is 39.3 Å². The Hall–Kier alpha value is -1.55. The van der Waals surface area contributed by atoms with Gasteiger partial charge in [-0.3, -0.25) is 0 Å². The van der Waals surface area contributed by atoms with Crippen LogP contribution in [0, 0.1) is 13.8 Å². The number of hydrogen-bond acceptors (Lipinski definition) is 5. The van der Waals surface area contributed by atoms with Crippen LogP contribution in [0.25, 0.3) is 0 Å². The number of aliphatic imine (C=N–C) groups is 1. The number of hydrogen-bond donors (Lipinski definition) is 2. The van der Waals surface area contributed by atoms with Crippen LogP contribution in [0.4, 0.5) is 0 Å². The number of thiazole rings is 1. The Morgan fingerprint density at radius 2 is 1.79 bits per heavy atom. The van der Waals surface area contributed by atoms with E-state index in [0.29, 0.717) is 19.8 Å². The average Bonchev–Trinajstić information content (AvgIpc) is 3.00. The van der Waals surface area contributed by atoms with Crippen molar-refractivity contribution in [1.29, 1.82) is 0 Å². The van der Waals surface area contributed by atoms with E-state index in [0.717, 1.165) is 47.7 Å². The predicted octanol–water partition coefficient (Wildman–Crippen LogP) is 4.47. The number of benzene rings is 1. The lowest BCUT2D eigenvalue weighted by Crippen LogP contribution is -2.38. The molecule has 8 heteroatoms. The summed E-state index contributed by atoms with van der Waals surface area (Å²) in [6.07, 6.45) is 0.867. The molecule has 29 heavy (non-hydrogen) atoms. The molecule has 0 fully saturated rings.